The summed E-state index contributed by atoms with van der Waals surface area (Å²) < 4.78 is 2.20. The first kappa shape index (κ1) is 8.30. The van der Waals surface area contributed by atoms with Gasteiger partial charge in [0.15, 0.2) is 0 Å². The quantitative estimate of drug-likeness (QED) is 0.701. The lowest BCUT2D eigenvalue weighted by atomic mass is 9.96. The van der Waals surface area contributed by atoms with Crippen LogP contribution in [0, 0.1) is 13.8 Å². The first-order valence-corrected chi connectivity index (χ1v) is 4.63. The first-order chi connectivity index (χ1) is 4.66. The molecule has 0 aliphatic carbocycles. The predicted molar refractivity (Wildman–Crippen MR) is 50.5 cm³/mol. The van der Waals surface area contributed by atoms with E-state index in [2.05, 4.69) is 15.9 Å². The van der Waals surface area contributed by atoms with Gasteiger partial charge in [-0.25, -0.2) is 0 Å². The van der Waals surface area contributed by atoms with Crippen LogP contribution in [0.5, 0.6) is 0 Å². The van der Waals surface area contributed by atoms with Crippen molar-refractivity contribution in [2.24, 2.45) is 0 Å². The first-order valence-electron chi connectivity index (χ1n) is 3.02. The molecule has 0 atom stereocenters. The van der Waals surface area contributed by atoms with Crippen LogP contribution in [0.2, 0.25) is 0 Å². The lowest BCUT2D eigenvalue weighted by Crippen LogP contribution is -2.10. The molecule has 1 aromatic heterocycles. The molecule has 1 nitrogen and oxygen atoms in total. The Morgan fingerprint density at radius 3 is 2.30 bits per heavy atom. The van der Waals surface area contributed by atoms with Crippen molar-refractivity contribution in [2.45, 2.75) is 13.8 Å². The lowest BCUT2D eigenvalue weighted by molar-refractivity contribution is 0.616. The molecule has 0 aliphatic heterocycles. The molecule has 0 aromatic carbocycles. The van der Waals surface area contributed by atoms with E-state index in [-0.39, 0.29) is 7.48 Å². The average molecular weight is 219 g/mol. The van der Waals surface area contributed by atoms with Gasteiger partial charge in [-0.1, -0.05) is 0 Å². The highest BCUT2D eigenvalue weighted by Crippen LogP contribution is 2.23. The summed E-state index contributed by atoms with van der Waals surface area (Å²) in [4.78, 5) is 1.24. The molecule has 0 unspecified atom stereocenters. The van der Waals surface area contributed by atoms with E-state index in [1.54, 1.807) is 11.3 Å². The highest BCUT2D eigenvalue weighted by atomic mass is 79.9. The smallest absolute Gasteiger partial charge is 0.315 e. The second kappa shape index (κ2) is 3.07. The van der Waals surface area contributed by atoms with Gasteiger partial charge in [0.2, 0.25) is 0 Å². The highest BCUT2D eigenvalue weighted by molar-refractivity contribution is 9.10. The molecule has 1 heterocycles. The molecule has 1 rings (SSSR count). The second-order valence-corrected chi connectivity index (χ2v) is 4.28. The molecule has 1 N–H and O–H groups in total. The third kappa shape index (κ3) is 1.29. The molecule has 0 aliphatic rings. The van der Waals surface area contributed by atoms with E-state index in [0.29, 0.717) is 0 Å². The van der Waals surface area contributed by atoms with Crippen LogP contribution in [0.1, 0.15) is 10.4 Å². The third-order valence-electron chi connectivity index (χ3n) is 1.48. The number of halogens is 1. The number of hydrogen-bond acceptors (Lipinski definition) is 2. The molecule has 1 aromatic rings. The summed E-state index contributed by atoms with van der Waals surface area (Å²) in [5.74, 6) is 0. The molecule has 4 heteroatoms. The topological polar surface area (TPSA) is 20.2 Å². The van der Waals surface area contributed by atoms with Gasteiger partial charge in [-0.05, 0) is 35.3 Å². The zero-order valence-corrected chi connectivity index (χ0v) is 8.34. The van der Waals surface area contributed by atoms with Gasteiger partial charge in [-0.3, -0.25) is 0 Å². The summed E-state index contributed by atoms with van der Waals surface area (Å²) in [6.07, 6.45) is 0. The van der Waals surface area contributed by atoms with Crippen LogP contribution in [-0.2, 0) is 0 Å². The molecule has 0 saturated carbocycles. The fourth-order valence-electron chi connectivity index (χ4n) is 0.843. The number of thiophene rings is 1. The van der Waals surface area contributed by atoms with Crippen molar-refractivity contribution in [2.75, 3.05) is 0 Å². The minimum Gasteiger partial charge on any atom is -0.449 e. The predicted octanol–water partition coefficient (Wildman–Crippen LogP) is 1.10. The van der Waals surface area contributed by atoms with Crippen LogP contribution in [0.4, 0.5) is 0 Å². The van der Waals surface area contributed by atoms with Crippen LogP contribution in [0.3, 0.4) is 0 Å². The molecular formula is C6H8BBrOS. The lowest BCUT2D eigenvalue weighted by Gasteiger charge is -1.89. The van der Waals surface area contributed by atoms with Gasteiger partial charge in [-0.15, -0.1) is 0 Å². The van der Waals surface area contributed by atoms with Crippen molar-refractivity contribution in [1.82, 2.24) is 0 Å². The van der Waals surface area contributed by atoms with Gasteiger partial charge < -0.3 is 5.02 Å². The van der Waals surface area contributed by atoms with Crippen LogP contribution in [0.15, 0.2) is 4.47 Å². The van der Waals surface area contributed by atoms with E-state index in [9.17, 15) is 0 Å². The van der Waals surface area contributed by atoms with E-state index in [1.165, 1.54) is 10.4 Å². The van der Waals surface area contributed by atoms with Crippen molar-refractivity contribution in [1.29, 1.82) is 0 Å². The number of hydrogen-bond donors (Lipinski definition) is 1. The second-order valence-electron chi connectivity index (χ2n) is 2.18. The standard InChI is InChI=1S/C6H8BBrOS/c1-3-5(8)4(2)10-6(3)7-9/h7,9H,1-2H3. The Balaban J connectivity index is 3.17. The van der Waals surface area contributed by atoms with Crippen LogP contribution >= 0.6 is 27.3 Å². The number of rotatable bonds is 1. The Kier molecular flexibility index (Phi) is 2.55. The molecule has 0 saturated heterocycles. The molecule has 0 fully saturated rings. The van der Waals surface area contributed by atoms with Gasteiger partial charge in [0.1, 0.15) is 0 Å². The molecule has 0 radical (unpaired) electrons. The molecule has 0 bridgehead atoms. The maximum atomic E-state index is 8.85. The van der Waals surface area contributed by atoms with Crippen LogP contribution < -0.4 is 4.78 Å². The SMILES string of the molecule is Cc1sc(BO)c(C)c1Br. The third-order valence-corrected chi connectivity index (χ3v) is 4.12. The fourth-order valence-corrected chi connectivity index (χ4v) is 2.39. The molecule has 0 amide bonds. The van der Waals surface area contributed by atoms with Gasteiger partial charge in [0.25, 0.3) is 0 Å². The molecule has 10 heavy (non-hydrogen) atoms. The Bertz CT molecular complexity index is 246. The molecule has 0 spiro atoms. The van der Waals surface area contributed by atoms with Crippen LogP contribution in [0.25, 0.3) is 0 Å². The van der Waals surface area contributed by atoms with E-state index >= 15 is 0 Å². The molecular weight excluding hydrogens is 211 g/mol. The Morgan fingerprint density at radius 1 is 1.50 bits per heavy atom. The van der Waals surface area contributed by atoms with E-state index in [1.807, 2.05) is 13.8 Å². The monoisotopic (exact) mass is 218 g/mol. The van der Waals surface area contributed by atoms with Gasteiger partial charge in [-0.2, -0.15) is 11.3 Å². The summed E-state index contributed by atoms with van der Waals surface area (Å²) in [5.41, 5.74) is 1.17. The largest absolute Gasteiger partial charge is 0.449 e. The van der Waals surface area contributed by atoms with Crippen LogP contribution in [-0.4, -0.2) is 12.5 Å². The van der Waals surface area contributed by atoms with Gasteiger partial charge >= 0.3 is 7.48 Å². The van der Waals surface area contributed by atoms with Crippen molar-refractivity contribution >= 4 is 39.5 Å². The van der Waals surface area contributed by atoms with Crippen molar-refractivity contribution in [3.05, 3.63) is 14.9 Å². The Hall–Kier alpha value is 0.205. The van der Waals surface area contributed by atoms with Gasteiger partial charge in [0.05, 0.1) is 0 Å². The summed E-state index contributed by atoms with van der Waals surface area (Å²) in [7, 11) is 0.156. The van der Waals surface area contributed by atoms with Crippen molar-refractivity contribution < 1.29 is 5.02 Å². The maximum absolute atomic E-state index is 8.85. The van der Waals surface area contributed by atoms with E-state index < -0.39 is 0 Å². The van der Waals surface area contributed by atoms with E-state index in [0.717, 1.165) is 9.25 Å². The number of aryl methyl sites for hydroxylation is 1. The fraction of sp³-hybridized carbons (Fsp3) is 0.333. The zero-order valence-electron chi connectivity index (χ0n) is 5.94. The zero-order chi connectivity index (χ0) is 7.72. The van der Waals surface area contributed by atoms with Gasteiger partial charge in [0, 0.05) is 14.1 Å². The summed E-state index contributed by atoms with van der Waals surface area (Å²) in [6.45, 7) is 4.06. The minimum atomic E-state index is 0.156. The van der Waals surface area contributed by atoms with Crippen molar-refractivity contribution in [3.63, 3.8) is 0 Å². The Labute approximate surface area is 73.5 Å². The Morgan fingerprint density at radius 2 is 2.10 bits per heavy atom. The summed E-state index contributed by atoms with van der Waals surface area (Å²) in [6, 6.07) is 0. The van der Waals surface area contributed by atoms with Crippen molar-refractivity contribution in [3.8, 4) is 0 Å². The average Bonchev–Trinajstić information content (AvgIpc) is 2.17. The summed E-state index contributed by atoms with van der Waals surface area (Å²) in [5, 5.41) is 8.85. The normalized spacial score (nSPS) is 10.0. The maximum Gasteiger partial charge on any atom is 0.315 e. The highest BCUT2D eigenvalue weighted by Gasteiger charge is 2.08. The van der Waals surface area contributed by atoms with E-state index in [4.69, 9.17) is 5.02 Å². The minimum absolute atomic E-state index is 0.156. The summed E-state index contributed by atoms with van der Waals surface area (Å²) >= 11 is 5.08. The molecule has 54 valence electrons.